The molecular formula is C16H24O2. The van der Waals surface area contributed by atoms with Crippen LogP contribution in [0.4, 0.5) is 0 Å². The van der Waals surface area contributed by atoms with Crippen molar-refractivity contribution in [3.05, 3.63) is 35.9 Å². The highest BCUT2D eigenvalue weighted by Gasteiger charge is 2.18. The van der Waals surface area contributed by atoms with Crippen LogP contribution in [0.2, 0.25) is 0 Å². The normalized spacial score (nSPS) is 13.1. The zero-order valence-electron chi connectivity index (χ0n) is 11.9. The fraction of sp³-hybridized carbons (Fsp3) is 0.562. The van der Waals surface area contributed by atoms with Crippen molar-refractivity contribution in [1.29, 1.82) is 0 Å². The Bertz CT molecular complexity index is 362. The van der Waals surface area contributed by atoms with E-state index in [0.717, 1.165) is 12.8 Å². The highest BCUT2D eigenvalue weighted by Crippen LogP contribution is 2.16. The lowest BCUT2D eigenvalue weighted by atomic mass is 9.98. The second kappa shape index (κ2) is 6.58. The zero-order valence-corrected chi connectivity index (χ0v) is 11.9. The van der Waals surface area contributed by atoms with Gasteiger partial charge in [-0.1, -0.05) is 37.3 Å². The van der Waals surface area contributed by atoms with Crippen LogP contribution in [0.5, 0.6) is 0 Å². The van der Waals surface area contributed by atoms with E-state index >= 15 is 0 Å². The van der Waals surface area contributed by atoms with Crippen LogP contribution in [0.3, 0.4) is 0 Å². The SMILES string of the molecule is C[C@@H](CCc1ccccc1)CC(=O)OC(C)(C)C. The van der Waals surface area contributed by atoms with Gasteiger partial charge in [-0.3, -0.25) is 4.79 Å². The number of hydrogen-bond acceptors (Lipinski definition) is 2. The summed E-state index contributed by atoms with van der Waals surface area (Å²) < 4.78 is 5.32. The number of rotatable bonds is 5. The minimum Gasteiger partial charge on any atom is -0.460 e. The largest absolute Gasteiger partial charge is 0.460 e. The first kappa shape index (κ1) is 14.7. The number of benzene rings is 1. The van der Waals surface area contributed by atoms with Gasteiger partial charge in [-0.25, -0.2) is 0 Å². The number of ether oxygens (including phenoxy) is 1. The lowest BCUT2D eigenvalue weighted by molar-refractivity contribution is -0.155. The summed E-state index contributed by atoms with van der Waals surface area (Å²) in [6.45, 7) is 7.81. The second-order valence-corrected chi connectivity index (χ2v) is 5.92. The Hall–Kier alpha value is -1.31. The molecule has 0 aliphatic carbocycles. The molecule has 0 radical (unpaired) electrons. The molecule has 2 heteroatoms. The van der Waals surface area contributed by atoms with Gasteiger partial charge in [0.1, 0.15) is 5.60 Å². The Morgan fingerprint density at radius 2 is 1.83 bits per heavy atom. The quantitative estimate of drug-likeness (QED) is 0.736. The predicted octanol–water partition coefficient (Wildman–Crippen LogP) is 3.99. The van der Waals surface area contributed by atoms with Gasteiger partial charge in [0.2, 0.25) is 0 Å². The molecule has 2 nitrogen and oxygen atoms in total. The van der Waals surface area contributed by atoms with E-state index in [1.165, 1.54) is 5.56 Å². The lowest BCUT2D eigenvalue weighted by Crippen LogP contribution is -2.24. The van der Waals surface area contributed by atoms with Crippen LogP contribution in [-0.4, -0.2) is 11.6 Å². The first-order valence-corrected chi connectivity index (χ1v) is 6.62. The van der Waals surface area contributed by atoms with Crippen molar-refractivity contribution in [3.8, 4) is 0 Å². The molecule has 0 aliphatic rings. The molecule has 0 spiro atoms. The van der Waals surface area contributed by atoms with Crippen LogP contribution in [0.1, 0.15) is 46.1 Å². The number of aryl methyl sites for hydroxylation is 1. The van der Waals surface area contributed by atoms with Gasteiger partial charge in [-0.2, -0.15) is 0 Å². The lowest BCUT2D eigenvalue weighted by Gasteiger charge is -2.20. The van der Waals surface area contributed by atoms with E-state index in [-0.39, 0.29) is 11.6 Å². The molecule has 18 heavy (non-hydrogen) atoms. The molecule has 1 aromatic carbocycles. The fourth-order valence-electron chi connectivity index (χ4n) is 1.83. The monoisotopic (exact) mass is 248 g/mol. The van der Waals surface area contributed by atoms with Crippen molar-refractivity contribution in [3.63, 3.8) is 0 Å². The van der Waals surface area contributed by atoms with Gasteiger partial charge in [-0.05, 0) is 45.1 Å². The molecule has 0 N–H and O–H groups in total. The molecule has 0 aliphatic heterocycles. The first-order chi connectivity index (χ1) is 8.37. The number of hydrogen-bond donors (Lipinski definition) is 0. The molecule has 0 bridgehead atoms. The summed E-state index contributed by atoms with van der Waals surface area (Å²) in [6, 6.07) is 10.4. The van der Waals surface area contributed by atoms with Crippen LogP contribution < -0.4 is 0 Å². The Labute approximate surface area is 110 Å². The van der Waals surface area contributed by atoms with Crippen molar-refractivity contribution in [2.24, 2.45) is 5.92 Å². The second-order valence-electron chi connectivity index (χ2n) is 5.92. The van der Waals surface area contributed by atoms with Gasteiger partial charge >= 0.3 is 5.97 Å². The maximum atomic E-state index is 11.7. The maximum absolute atomic E-state index is 11.7. The van der Waals surface area contributed by atoms with Gasteiger partial charge in [0.15, 0.2) is 0 Å². The highest BCUT2D eigenvalue weighted by atomic mass is 16.6. The van der Waals surface area contributed by atoms with Crippen molar-refractivity contribution >= 4 is 5.97 Å². The third-order valence-corrected chi connectivity index (χ3v) is 2.70. The highest BCUT2D eigenvalue weighted by molar-refractivity contribution is 5.70. The summed E-state index contributed by atoms with van der Waals surface area (Å²) >= 11 is 0. The van der Waals surface area contributed by atoms with E-state index in [1.807, 2.05) is 39.0 Å². The van der Waals surface area contributed by atoms with Crippen molar-refractivity contribution in [2.75, 3.05) is 0 Å². The molecule has 0 saturated heterocycles. The van der Waals surface area contributed by atoms with Crippen LogP contribution in [0, 0.1) is 5.92 Å². The summed E-state index contributed by atoms with van der Waals surface area (Å²) in [5.41, 5.74) is 0.949. The van der Waals surface area contributed by atoms with Gasteiger partial charge in [0.25, 0.3) is 0 Å². The summed E-state index contributed by atoms with van der Waals surface area (Å²) in [7, 11) is 0. The molecule has 100 valence electrons. The van der Waals surface area contributed by atoms with Crippen molar-refractivity contribution in [2.45, 2.75) is 52.6 Å². The Kier molecular flexibility index (Phi) is 5.39. The Morgan fingerprint density at radius 1 is 1.22 bits per heavy atom. The van der Waals surface area contributed by atoms with E-state index < -0.39 is 0 Å². The molecule has 0 saturated carbocycles. The molecule has 0 amide bonds. The molecule has 1 rings (SSSR count). The average molecular weight is 248 g/mol. The predicted molar refractivity (Wildman–Crippen MR) is 74.4 cm³/mol. The van der Waals surface area contributed by atoms with Crippen LogP contribution in [-0.2, 0) is 16.0 Å². The third-order valence-electron chi connectivity index (χ3n) is 2.70. The summed E-state index contributed by atoms with van der Waals surface area (Å²) in [6.07, 6.45) is 2.54. The molecule has 0 aromatic heterocycles. The number of carbonyl (C=O) groups is 1. The summed E-state index contributed by atoms with van der Waals surface area (Å²) in [5.74, 6) is 0.267. The van der Waals surface area contributed by atoms with Crippen LogP contribution in [0.25, 0.3) is 0 Å². The minimum atomic E-state index is -0.379. The van der Waals surface area contributed by atoms with E-state index in [2.05, 4.69) is 19.1 Å². The average Bonchev–Trinajstić information content (AvgIpc) is 2.25. The third kappa shape index (κ3) is 6.43. The van der Waals surface area contributed by atoms with Crippen molar-refractivity contribution < 1.29 is 9.53 Å². The fourth-order valence-corrected chi connectivity index (χ4v) is 1.83. The Morgan fingerprint density at radius 3 is 2.39 bits per heavy atom. The van der Waals surface area contributed by atoms with Crippen LogP contribution in [0.15, 0.2) is 30.3 Å². The first-order valence-electron chi connectivity index (χ1n) is 6.62. The summed E-state index contributed by atoms with van der Waals surface area (Å²) in [4.78, 5) is 11.7. The topological polar surface area (TPSA) is 26.3 Å². The van der Waals surface area contributed by atoms with E-state index in [4.69, 9.17) is 4.74 Å². The van der Waals surface area contributed by atoms with Gasteiger partial charge in [-0.15, -0.1) is 0 Å². The molecule has 1 aromatic rings. The van der Waals surface area contributed by atoms with E-state index in [0.29, 0.717) is 12.3 Å². The van der Waals surface area contributed by atoms with E-state index in [9.17, 15) is 4.79 Å². The van der Waals surface area contributed by atoms with Gasteiger partial charge in [0, 0.05) is 6.42 Å². The zero-order chi connectivity index (χ0) is 13.6. The molecule has 0 unspecified atom stereocenters. The van der Waals surface area contributed by atoms with Crippen molar-refractivity contribution in [1.82, 2.24) is 0 Å². The van der Waals surface area contributed by atoms with Crippen LogP contribution >= 0.6 is 0 Å². The smallest absolute Gasteiger partial charge is 0.306 e. The molecule has 0 fully saturated rings. The molecule has 0 heterocycles. The standard InChI is InChI=1S/C16H24O2/c1-13(12-15(17)18-16(2,3)4)10-11-14-8-6-5-7-9-14/h5-9,13H,10-12H2,1-4H3/t13-/m0/s1. The van der Waals surface area contributed by atoms with E-state index in [1.54, 1.807) is 0 Å². The number of esters is 1. The van der Waals surface area contributed by atoms with Gasteiger partial charge < -0.3 is 4.74 Å². The summed E-state index contributed by atoms with van der Waals surface area (Å²) in [5, 5.41) is 0. The Balaban J connectivity index is 2.29. The maximum Gasteiger partial charge on any atom is 0.306 e. The number of carbonyl (C=O) groups excluding carboxylic acids is 1. The van der Waals surface area contributed by atoms with Gasteiger partial charge in [0.05, 0.1) is 0 Å². The molecule has 1 atom stereocenters. The minimum absolute atomic E-state index is 0.0944. The molecular weight excluding hydrogens is 224 g/mol.